The van der Waals surface area contributed by atoms with E-state index >= 15 is 0 Å². The third-order valence-corrected chi connectivity index (χ3v) is 4.26. The predicted octanol–water partition coefficient (Wildman–Crippen LogP) is 2.57. The van der Waals surface area contributed by atoms with Crippen LogP contribution in [0, 0.1) is 0 Å². The first-order valence-corrected chi connectivity index (χ1v) is 6.66. The second-order valence-electron chi connectivity index (χ2n) is 4.99. The maximum atomic E-state index is 12.2. The molecule has 1 aliphatic heterocycles. The molecular formula is C15H18O3. The number of ether oxygens (including phenoxy) is 2. The molecule has 3 rings (SSSR count). The third-order valence-electron chi connectivity index (χ3n) is 4.26. The molecule has 3 heteroatoms. The van der Waals surface area contributed by atoms with Crippen molar-refractivity contribution in [1.29, 1.82) is 0 Å². The maximum absolute atomic E-state index is 12.2. The summed E-state index contributed by atoms with van der Waals surface area (Å²) in [6.07, 6.45) is 2.54. The van der Waals surface area contributed by atoms with Gasteiger partial charge in [-0.05, 0) is 37.3 Å². The van der Waals surface area contributed by atoms with Gasteiger partial charge < -0.3 is 9.47 Å². The second kappa shape index (κ2) is 3.82. The summed E-state index contributed by atoms with van der Waals surface area (Å²) in [5, 5.41) is 0. The van der Waals surface area contributed by atoms with Gasteiger partial charge in [-0.1, -0.05) is 31.2 Å². The van der Waals surface area contributed by atoms with Gasteiger partial charge in [-0.2, -0.15) is 0 Å². The molecule has 1 aromatic rings. The summed E-state index contributed by atoms with van der Waals surface area (Å²) in [7, 11) is 0. The summed E-state index contributed by atoms with van der Waals surface area (Å²) in [5.41, 5.74) is 1.33. The van der Waals surface area contributed by atoms with E-state index < -0.39 is 11.2 Å². The summed E-state index contributed by atoms with van der Waals surface area (Å²) >= 11 is 0. The average Bonchev–Trinajstić information content (AvgIpc) is 2.93. The van der Waals surface area contributed by atoms with Crippen molar-refractivity contribution in [2.45, 2.75) is 44.3 Å². The minimum absolute atomic E-state index is 0.204. The molecule has 2 unspecified atom stereocenters. The van der Waals surface area contributed by atoms with Crippen molar-refractivity contribution in [2.24, 2.45) is 0 Å². The van der Waals surface area contributed by atoms with Gasteiger partial charge in [0.1, 0.15) is 5.60 Å². The number of rotatable bonds is 3. The Bertz CT molecular complexity index is 496. The standard InChI is InChI=1S/C15H18O3/c1-3-14(13(16)17-4-2)15(18-14)10-9-11-7-5-6-8-12(11)15/h5-8H,3-4,9-10H2,1-2H3. The lowest BCUT2D eigenvalue weighted by Gasteiger charge is -2.14. The van der Waals surface area contributed by atoms with Gasteiger partial charge in [0.05, 0.1) is 6.61 Å². The highest BCUT2D eigenvalue weighted by molar-refractivity contribution is 5.86. The zero-order valence-electron chi connectivity index (χ0n) is 10.9. The molecule has 0 radical (unpaired) electrons. The molecule has 0 bridgehead atoms. The van der Waals surface area contributed by atoms with Crippen LogP contribution >= 0.6 is 0 Å². The van der Waals surface area contributed by atoms with E-state index in [1.807, 2.05) is 26.0 Å². The number of aryl methyl sites for hydroxylation is 1. The van der Waals surface area contributed by atoms with Gasteiger partial charge in [-0.15, -0.1) is 0 Å². The van der Waals surface area contributed by atoms with Gasteiger partial charge in [-0.3, -0.25) is 0 Å². The number of fused-ring (bicyclic) bond motifs is 2. The number of carbonyl (C=O) groups excluding carboxylic acids is 1. The monoisotopic (exact) mass is 246 g/mol. The molecule has 3 nitrogen and oxygen atoms in total. The van der Waals surface area contributed by atoms with Crippen LogP contribution in [0.25, 0.3) is 0 Å². The van der Waals surface area contributed by atoms with Crippen LogP contribution < -0.4 is 0 Å². The Kier molecular flexibility index (Phi) is 2.49. The first-order chi connectivity index (χ1) is 8.70. The third kappa shape index (κ3) is 1.25. The number of benzene rings is 1. The van der Waals surface area contributed by atoms with E-state index in [1.54, 1.807) is 0 Å². The van der Waals surface area contributed by atoms with Crippen LogP contribution in [0.5, 0.6) is 0 Å². The van der Waals surface area contributed by atoms with Crippen molar-refractivity contribution in [1.82, 2.24) is 0 Å². The van der Waals surface area contributed by atoms with E-state index in [0.717, 1.165) is 12.8 Å². The highest BCUT2D eigenvalue weighted by atomic mass is 16.7. The second-order valence-corrected chi connectivity index (χ2v) is 4.99. The van der Waals surface area contributed by atoms with Crippen LogP contribution in [-0.2, 0) is 26.3 Å². The highest BCUT2D eigenvalue weighted by Crippen LogP contribution is 2.64. The average molecular weight is 246 g/mol. The minimum Gasteiger partial charge on any atom is -0.464 e. The van der Waals surface area contributed by atoms with Crippen LogP contribution in [0.4, 0.5) is 0 Å². The highest BCUT2D eigenvalue weighted by Gasteiger charge is 2.76. The number of epoxide rings is 1. The van der Waals surface area contributed by atoms with Crippen LogP contribution in [0.3, 0.4) is 0 Å². The van der Waals surface area contributed by atoms with Crippen molar-refractivity contribution >= 4 is 5.97 Å². The molecule has 0 N–H and O–H groups in total. The van der Waals surface area contributed by atoms with Crippen LogP contribution in [-0.4, -0.2) is 18.2 Å². The van der Waals surface area contributed by atoms with Crippen molar-refractivity contribution in [3.8, 4) is 0 Å². The smallest absolute Gasteiger partial charge is 0.341 e. The number of hydrogen-bond acceptors (Lipinski definition) is 3. The molecule has 1 spiro atoms. The minimum atomic E-state index is -0.740. The van der Waals surface area contributed by atoms with E-state index in [2.05, 4.69) is 12.1 Å². The quantitative estimate of drug-likeness (QED) is 0.607. The van der Waals surface area contributed by atoms with Gasteiger partial charge in [0, 0.05) is 0 Å². The van der Waals surface area contributed by atoms with Crippen LogP contribution in [0.1, 0.15) is 37.8 Å². The van der Waals surface area contributed by atoms with Crippen LogP contribution in [0.2, 0.25) is 0 Å². The molecule has 0 aromatic heterocycles. The number of carbonyl (C=O) groups is 1. The SMILES string of the molecule is CCOC(=O)C1(CC)OC12CCc1ccccc12. The van der Waals surface area contributed by atoms with E-state index in [0.29, 0.717) is 13.0 Å². The van der Waals surface area contributed by atoms with Crippen molar-refractivity contribution in [3.05, 3.63) is 35.4 Å². The van der Waals surface area contributed by atoms with Gasteiger partial charge in [0.2, 0.25) is 0 Å². The molecule has 1 aromatic carbocycles. The first kappa shape index (κ1) is 11.7. The van der Waals surface area contributed by atoms with Gasteiger partial charge >= 0.3 is 5.97 Å². The molecule has 1 saturated heterocycles. The predicted molar refractivity (Wildman–Crippen MR) is 67.2 cm³/mol. The molecule has 2 atom stereocenters. The van der Waals surface area contributed by atoms with E-state index in [-0.39, 0.29) is 5.97 Å². The fourth-order valence-electron chi connectivity index (χ4n) is 3.33. The summed E-state index contributed by atoms with van der Waals surface area (Å²) in [6.45, 7) is 4.23. The molecule has 96 valence electrons. The zero-order valence-corrected chi connectivity index (χ0v) is 10.9. The summed E-state index contributed by atoms with van der Waals surface area (Å²) in [5.74, 6) is -0.204. The Morgan fingerprint density at radius 2 is 2.17 bits per heavy atom. The van der Waals surface area contributed by atoms with Gasteiger partial charge in [0.15, 0.2) is 5.60 Å². The lowest BCUT2D eigenvalue weighted by Crippen LogP contribution is -2.33. The van der Waals surface area contributed by atoms with Crippen molar-refractivity contribution in [3.63, 3.8) is 0 Å². The summed E-state index contributed by atoms with van der Waals surface area (Å²) < 4.78 is 11.2. The fourth-order valence-corrected chi connectivity index (χ4v) is 3.33. The van der Waals surface area contributed by atoms with Gasteiger partial charge in [-0.25, -0.2) is 4.79 Å². The molecule has 1 heterocycles. The number of esters is 1. The molecular weight excluding hydrogens is 228 g/mol. The lowest BCUT2D eigenvalue weighted by atomic mass is 9.85. The molecule has 0 saturated carbocycles. The van der Waals surface area contributed by atoms with Crippen molar-refractivity contribution < 1.29 is 14.3 Å². The zero-order chi connectivity index (χ0) is 12.8. The van der Waals surface area contributed by atoms with Gasteiger partial charge in [0.25, 0.3) is 0 Å². The lowest BCUT2D eigenvalue weighted by molar-refractivity contribution is -0.149. The van der Waals surface area contributed by atoms with Crippen LogP contribution in [0.15, 0.2) is 24.3 Å². The normalized spacial score (nSPS) is 32.3. The largest absolute Gasteiger partial charge is 0.464 e. The van der Waals surface area contributed by atoms with E-state index in [1.165, 1.54) is 11.1 Å². The topological polar surface area (TPSA) is 38.8 Å². The van der Waals surface area contributed by atoms with E-state index in [4.69, 9.17) is 9.47 Å². The Morgan fingerprint density at radius 1 is 1.39 bits per heavy atom. The Morgan fingerprint density at radius 3 is 2.89 bits per heavy atom. The Labute approximate surface area is 107 Å². The maximum Gasteiger partial charge on any atom is 0.341 e. The number of hydrogen-bond donors (Lipinski definition) is 0. The summed E-state index contributed by atoms with van der Waals surface area (Å²) in [6, 6.07) is 8.26. The Balaban J connectivity index is 1.99. The Hall–Kier alpha value is -1.35. The molecule has 2 aliphatic rings. The van der Waals surface area contributed by atoms with E-state index in [9.17, 15) is 4.79 Å². The molecule has 0 amide bonds. The first-order valence-electron chi connectivity index (χ1n) is 6.66. The van der Waals surface area contributed by atoms with Crippen molar-refractivity contribution in [2.75, 3.05) is 6.61 Å². The fraction of sp³-hybridized carbons (Fsp3) is 0.533. The molecule has 1 fully saturated rings. The molecule has 1 aliphatic carbocycles. The molecule has 18 heavy (non-hydrogen) atoms. The summed E-state index contributed by atoms with van der Waals surface area (Å²) in [4.78, 5) is 12.2.